The predicted octanol–water partition coefficient (Wildman–Crippen LogP) is 4.46. The van der Waals surface area contributed by atoms with E-state index in [9.17, 15) is 13.2 Å². The molecule has 2 aromatic carbocycles. The quantitative estimate of drug-likeness (QED) is 0.738. The summed E-state index contributed by atoms with van der Waals surface area (Å²) in [6.45, 7) is 5.05. The molecular formula is C21H25F3N2O. The third-order valence-electron chi connectivity index (χ3n) is 4.93. The average Bonchev–Trinajstić information content (AvgIpc) is 2.67. The average molecular weight is 378 g/mol. The molecule has 1 unspecified atom stereocenters. The summed E-state index contributed by atoms with van der Waals surface area (Å²) in [6.07, 6.45) is -3.74. The minimum Gasteiger partial charge on any atom is -0.486 e. The van der Waals surface area contributed by atoms with E-state index in [1.165, 1.54) is 12.1 Å². The van der Waals surface area contributed by atoms with E-state index in [4.69, 9.17) is 4.74 Å². The van der Waals surface area contributed by atoms with E-state index in [2.05, 4.69) is 16.8 Å². The Hall–Kier alpha value is -2.05. The lowest BCUT2D eigenvalue weighted by Gasteiger charge is -2.33. The molecule has 0 amide bonds. The van der Waals surface area contributed by atoms with Gasteiger partial charge in [-0.2, -0.15) is 13.2 Å². The number of hydrogen-bond acceptors (Lipinski definition) is 3. The Bertz CT molecular complexity index is 696. The highest BCUT2D eigenvalue weighted by molar-refractivity contribution is 5.30. The van der Waals surface area contributed by atoms with Crippen LogP contribution in [0.2, 0.25) is 0 Å². The van der Waals surface area contributed by atoms with Gasteiger partial charge in [0.05, 0.1) is 5.56 Å². The van der Waals surface area contributed by atoms with Crippen LogP contribution in [0.4, 0.5) is 13.2 Å². The molecule has 0 aromatic heterocycles. The molecule has 1 heterocycles. The maximum Gasteiger partial charge on any atom is 0.416 e. The number of rotatable bonds is 6. The highest BCUT2D eigenvalue weighted by Crippen LogP contribution is 2.32. The Morgan fingerprint density at radius 1 is 0.926 bits per heavy atom. The lowest BCUT2D eigenvalue weighted by Crippen LogP contribution is -2.45. The van der Waals surface area contributed by atoms with Crippen molar-refractivity contribution in [2.24, 2.45) is 0 Å². The first-order valence-electron chi connectivity index (χ1n) is 9.21. The molecule has 3 nitrogen and oxygen atoms in total. The second kappa shape index (κ2) is 8.76. The van der Waals surface area contributed by atoms with E-state index in [1.807, 2.05) is 30.3 Å². The molecule has 3 rings (SSSR count). The van der Waals surface area contributed by atoms with Gasteiger partial charge >= 0.3 is 6.18 Å². The van der Waals surface area contributed by atoms with Crippen LogP contribution in [0, 0.1) is 0 Å². The molecule has 2 aromatic rings. The van der Waals surface area contributed by atoms with Gasteiger partial charge in [-0.05, 0) is 36.9 Å². The van der Waals surface area contributed by atoms with Crippen molar-refractivity contribution in [3.63, 3.8) is 0 Å². The standard InChI is InChI=1S/C21H25F3N2O/c1-25-13-15-26(16-14-25)12-11-20(17-5-3-2-4-6-17)27-19-9-7-18(8-10-19)21(22,23)24/h2-10,20H,11-16H2,1H3. The molecule has 1 fully saturated rings. The van der Waals surface area contributed by atoms with Gasteiger partial charge in [-0.25, -0.2) is 0 Å². The Labute approximate surface area is 158 Å². The topological polar surface area (TPSA) is 15.7 Å². The van der Waals surface area contributed by atoms with E-state index in [0.717, 1.165) is 56.8 Å². The summed E-state index contributed by atoms with van der Waals surface area (Å²) in [5.74, 6) is 0.454. The Balaban J connectivity index is 1.67. The number of likely N-dealkylation sites (N-methyl/N-ethyl adjacent to an activating group) is 1. The van der Waals surface area contributed by atoms with Gasteiger partial charge in [-0.15, -0.1) is 0 Å². The minimum atomic E-state index is -4.33. The maximum atomic E-state index is 12.8. The summed E-state index contributed by atoms with van der Waals surface area (Å²) in [6, 6.07) is 14.8. The summed E-state index contributed by atoms with van der Waals surface area (Å²) in [7, 11) is 2.12. The molecule has 0 radical (unpaired) electrons. The van der Waals surface area contributed by atoms with Crippen molar-refractivity contribution in [1.82, 2.24) is 9.80 Å². The lowest BCUT2D eigenvalue weighted by molar-refractivity contribution is -0.137. The lowest BCUT2D eigenvalue weighted by atomic mass is 10.1. The van der Waals surface area contributed by atoms with Gasteiger partial charge in [0.2, 0.25) is 0 Å². The zero-order valence-corrected chi connectivity index (χ0v) is 15.5. The van der Waals surface area contributed by atoms with Gasteiger partial charge < -0.3 is 14.5 Å². The van der Waals surface area contributed by atoms with Gasteiger partial charge in [0.1, 0.15) is 11.9 Å². The highest BCUT2D eigenvalue weighted by atomic mass is 19.4. The molecule has 1 saturated heterocycles. The van der Waals surface area contributed by atoms with Crippen molar-refractivity contribution in [2.45, 2.75) is 18.7 Å². The molecule has 1 atom stereocenters. The van der Waals surface area contributed by atoms with E-state index in [-0.39, 0.29) is 6.10 Å². The van der Waals surface area contributed by atoms with Gasteiger partial charge in [-0.1, -0.05) is 30.3 Å². The zero-order chi connectivity index (χ0) is 19.3. The molecule has 6 heteroatoms. The number of hydrogen-bond donors (Lipinski definition) is 0. The smallest absolute Gasteiger partial charge is 0.416 e. The Kier molecular flexibility index (Phi) is 6.39. The van der Waals surface area contributed by atoms with Crippen LogP contribution in [-0.4, -0.2) is 49.6 Å². The maximum absolute atomic E-state index is 12.8. The van der Waals surface area contributed by atoms with E-state index >= 15 is 0 Å². The second-order valence-electron chi connectivity index (χ2n) is 6.97. The van der Waals surface area contributed by atoms with Crippen LogP contribution >= 0.6 is 0 Å². The van der Waals surface area contributed by atoms with Crippen molar-refractivity contribution in [3.05, 3.63) is 65.7 Å². The minimum absolute atomic E-state index is 0.192. The molecule has 0 N–H and O–H groups in total. The number of benzene rings is 2. The van der Waals surface area contributed by atoms with Crippen LogP contribution in [0.1, 0.15) is 23.7 Å². The van der Waals surface area contributed by atoms with E-state index < -0.39 is 11.7 Å². The van der Waals surface area contributed by atoms with E-state index in [0.29, 0.717) is 5.75 Å². The highest BCUT2D eigenvalue weighted by Gasteiger charge is 2.30. The first-order chi connectivity index (χ1) is 12.9. The number of piperazine rings is 1. The van der Waals surface area contributed by atoms with Crippen molar-refractivity contribution >= 4 is 0 Å². The summed E-state index contributed by atoms with van der Waals surface area (Å²) in [4.78, 5) is 4.72. The molecule has 27 heavy (non-hydrogen) atoms. The first-order valence-corrected chi connectivity index (χ1v) is 9.21. The third kappa shape index (κ3) is 5.71. The van der Waals surface area contributed by atoms with Crippen LogP contribution in [0.15, 0.2) is 54.6 Å². The molecular weight excluding hydrogens is 353 g/mol. The van der Waals surface area contributed by atoms with Crippen molar-refractivity contribution in [1.29, 1.82) is 0 Å². The summed E-state index contributed by atoms with van der Waals surface area (Å²) >= 11 is 0. The number of nitrogens with zero attached hydrogens (tertiary/aromatic N) is 2. The summed E-state index contributed by atoms with van der Waals surface area (Å²) in [5, 5.41) is 0. The first kappa shape index (κ1) is 19.7. The van der Waals surface area contributed by atoms with Crippen LogP contribution in [-0.2, 0) is 6.18 Å². The van der Waals surface area contributed by atoms with Crippen LogP contribution in [0.25, 0.3) is 0 Å². The number of halogens is 3. The predicted molar refractivity (Wildman–Crippen MR) is 99.8 cm³/mol. The third-order valence-corrected chi connectivity index (χ3v) is 4.93. The summed E-state index contributed by atoms with van der Waals surface area (Å²) in [5.41, 5.74) is 0.370. The van der Waals surface area contributed by atoms with E-state index in [1.54, 1.807) is 0 Å². The Morgan fingerprint density at radius 3 is 2.15 bits per heavy atom. The van der Waals surface area contributed by atoms with Gasteiger partial charge in [0.25, 0.3) is 0 Å². The number of alkyl halides is 3. The molecule has 1 aliphatic heterocycles. The normalized spacial score (nSPS) is 17.6. The van der Waals surface area contributed by atoms with Gasteiger partial charge in [0, 0.05) is 39.1 Å². The SMILES string of the molecule is CN1CCN(CCC(Oc2ccc(C(F)(F)F)cc2)c2ccccc2)CC1. The molecule has 0 bridgehead atoms. The molecule has 0 aliphatic carbocycles. The largest absolute Gasteiger partial charge is 0.486 e. The van der Waals surface area contributed by atoms with Crippen LogP contribution in [0.5, 0.6) is 5.75 Å². The van der Waals surface area contributed by atoms with Crippen LogP contribution < -0.4 is 4.74 Å². The number of ether oxygens (including phenoxy) is 1. The van der Waals surface area contributed by atoms with Gasteiger partial charge in [0.15, 0.2) is 0 Å². The second-order valence-corrected chi connectivity index (χ2v) is 6.97. The Morgan fingerprint density at radius 2 is 1.56 bits per heavy atom. The fourth-order valence-electron chi connectivity index (χ4n) is 3.22. The molecule has 0 spiro atoms. The molecule has 146 valence electrons. The molecule has 1 aliphatic rings. The van der Waals surface area contributed by atoms with Gasteiger partial charge in [-0.3, -0.25) is 0 Å². The fraction of sp³-hybridized carbons (Fsp3) is 0.429. The molecule has 0 saturated carbocycles. The van der Waals surface area contributed by atoms with Crippen molar-refractivity contribution in [2.75, 3.05) is 39.8 Å². The monoisotopic (exact) mass is 378 g/mol. The fourth-order valence-corrected chi connectivity index (χ4v) is 3.22. The van der Waals surface area contributed by atoms with Crippen molar-refractivity contribution < 1.29 is 17.9 Å². The summed E-state index contributed by atoms with van der Waals surface area (Å²) < 4.78 is 44.3. The van der Waals surface area contributed by atoms with Crippen LogP contribution in [0.3, 0.4) is 0 Å². The zero-order valence-electron chi connectivity index (χ0n) is 15.5. The van der Waals surface area contributed by atoms with Crippen molar-refractivity contribution in [3.8, 4) is 5.75 Å².